The molecular weight excluding hydrogens is 372 g/mol. The summed E-state index contributed by atoms with van der Waals surface area (Å²) in [5.74, 6) is -0.593. The molecule has 1 atom stereocenters. The molecule has 0 saturated heterocycles. The molecule has 0 bridgehead atoms. The number of carbonyl (C=O) groups excluding carboxylic acids is 1. The lowest BCUT2D eigenvalue weighted by molar-refractivity contribution is -0.118. The fraction of sp³-hybridized carbons (Fsp3) is 0.458. The number of anilines is 1. The van der Waals surface area contributed by atoms with Gasteiger partial charge in [-0.1, -0.05) is 37.5 Å². The highest BCUT2D eigenvalue weighted by molar-refractivity contribution is 5.94. The van der Waals surface area contributed by atoms with E-state index in [4.69, 9.17) is 5.11 Å². The monoisotopic (exact) mass is 401 g/mol. The molecule has 1 heterocycles. The number of carbonyl (C=O) groups is 1. The Hall–Kier alpha value is -2.27. The summed E-state index contributed by atoms with van der Waals surface area (Å²) < 4.78 is 27.4. The van der Waals surface area contributed by atoms with Crippen LogP contribution in [0, 0.1) is 11.6 Å². The molecule has 3 rings (SSSR count). The Balaban J connectivity index is 1.76. The molecule has 1 unspecified atom stereocenters. The van der Waals surface area contributed by atoms with Crippen molar-refractivity contribution in [3.8, 4) is 0 Å². The molecular formula is C24H29F2NO2. The van der Waals surface area contributed by atoms with Gasteiger partial charge in [0.25, 0.3) is 0 Å². The van der Waals surface area contributed by atoms with Crippen LogP contribution >= 0.6 is 0 Å². The minimum Gasteiger partial charge on any atom is -0.396 e. The van der Waals surface area contributed by atoms with Gasteiger partial charge in [0.15, 0.2) is 0 Å². The van der Waals surface area contributed by atoms with E-state index in [9.17, 15) is 13.6 Å². The maximum atomic E-state index is 14.1. The fourth-order valence-corrected chi connectivity index (χ4v) is 4.13. The lowest BCUT2D eigenvalue weighted by Crippen LogP contribution is -2.31. The van der Waals surface area contributed by atoms with E-state index < -0.39 is 0 Å². The summed E-state index contributed by atoms with van der Waals surface area (Å²) in [6, 6.07) is 11.1. The largest absolute Gasteiger partial charge is 0.396 e. The van der Waals surface area contributed by atoms with Crippen molar-refractivity contribution in [1.29, 1.82) is 0 Å². The van der Waals surface area contributed by atoms with E-state index in [2.05, 4.69) is 0 Å². The van der Waals surface area contributed by atoms with Crippen LogP contribution in [-0.4, -0.2) is 24.2 Å². The van der Waals surface area contributed by atoms with Gasteiger partial charge in [0, 0.05) is 25.5 Å². The number of hydrogen-bond donors (Lipinski definition) is 1. The van der Waals surface area contributed by atoms with Crippen molar-refractivity contribution in [3.63, 3.8) is 0 Å². The summed E-state index contributed by atoms with van der Waals surface area (Å²) in [5.41, 5.74) is 2.55. The van der Waals surface area contributed by atoms with E-state index in [0.717, 1.165) is 56.1 Å². The van der Waals surface area contributed by atoms with Crippen LogP contribution in [0.3, 0.4) is 0 Å². The van der Waals surface area contributed by atoms with Crippen molar-refractivity contribution in [2.75, 3.05) is 18.1 Å². The first kappa shape index (κ1) is 21.4. The van der Waals surface area contributed by atoms with Crippen LogP contribution in [0.1, 0.15) is 68.4 Å². The Bertz CT molecular complexity index is 807. The summed E-state index contributed by atoms with van der Waals surface area (Å²) in [6.45, 7) is 0.780. The molecule has 0 saturated carbocycles. The minimum atomic E-state index is -0.356. The highest BCUT2D eigenvalue weighted by Gasteiger charge is 2.27. The molecule has 0 aromatic heterocycles. The molecule has 0 fully saturated rings. The second-order valence-electron chi connectivity index (χ2n) is 7.74. The predicted molar refractivity (Wildman–Crippen MR) is 111 cm³/mol. The summed E-state index contributed by atoms with van der Waals surface area (Å²) in [7, 11) is 0. The molecule has 1 aliphatic rings. The molecule has 2 aromatic rings. The van der Waals surface area contributed by atoms with Gasteiger partial charge in [-0.3, -0.25) is 4.79 Å². The Labute approximate surface area is 171 Å². The third-order valence-electron chi connectivity index (χ3n) is 5.66. The summed E-state index contributed by atoms with van der Waals surface area (Å²) in [5, 5.41) is 8.83. The molecule has 2 aromatic carbocycles. The standard InChI is InChI=1S/C24H29F2NO2/c25-19-11-9-18(10-12-19)21-7-6-15-27(23-17-20(26)13-14-22(21)23)24(29)8-4-2-1-3-5-16-28/h9-14,17,21,28H,1-8,15-16H2. The van der Waals surface area contributed by atoms with Crippen LogP contribution in [0.5, 0.6) is 0 Å². The van der Waals surface area contributed by atoms with Crippen LogP contribution < -0.4 is 4.90 Å². The minimum absolute atomic E-state index is 0.0162. The van der Waals surface area contributed by atoms with Crippen molar-refractivity contribution in [2.24, 2.45) is 0 Å². The highest BCUT2D eigenvalue weighted by Crippen LogP contribution is 2.39. The average Bonchev–Trinajstić information content (AvgIpc) is 2.90. The van der Waals surface area contributed by atoms with Gasteiger partial charge in [-0.05, 0) is 61.1 Å². The summed E-state index contributed by atoms with van der Waals surface area (Å²) in [4.78, 5) is 14.6. The number of amides is 1. The van der Waals surface area contributed by atoms with E-state index in [0.29, 0.717) is 18.7 Å². The number of fused-ring (bicyclic) bond motifs is 1. The Morgan fingerprint density at radius 2 is 1.66 bits per heavy atom. The number of aliphatic hydroxyl groups excluding tert-OH is 1. The second kappa shape index (κ2) is 10.5. The van der Waals surface area contributed by atoms with Gasteiger partial charge in [0.2, 0.25) is 5.91 Å². The van der Waals surface area contributed by atoms with Gasteiger partial charge in [0.1, 0.15) is 11.6 Å². The molecule has 0 radical (unpaired) electrons. The van der Waals surface area contributed by atoms with E-state index >= 15 is 0 Å². The molecule has 3 nitrogen and oxygen atoms in total. The van der Waals surface area contributed by atoms with Gasteiger partial charge < -0.3 is 10.0 Å². The number of unbranched alkanes of at least 4 members (excludes halogenated alkanes) is 4. The first-order valence-corrected chi connectivity index (χ1v) is 10.6. The SMILES string of the molecule is O=C(CCCCCCCO)N1CCCC(c2ccc(F)cc2)c2ccc(F)cc21. The van der Waals surface area contributed by atoms with Gasteiger partial charge >= 0.3 is 0 Å². The fourth-order valence-electron chi connectivity index (χ4n) is 4.13. The maximum Gasteiger partial charge on any atom is 0.226 e. The van der Waals surface area contributed by atoms with Crippen molar-refractivity contribution in [1.82, 2.24) is 0 Å². The third-order valence-corrected chi connectivity index (χ3v) is 5.66. The number of aliphatic hydroxyl groups is 1. The topological polar surface area (TPSA) is 40.5 Å². The quantitative estimate of drug-likeness (QED) is 0.589. The van der Waals surface area contributed by atoms with E-state index in [-0.39, 0.29) is 30.1 Å². The summed E-state index contributed by atoms with van der Waals surface area (Å²) >= 11 is 0. The van der Waals surface area contributed by atoms with Crippen LogP contribution in [0.15, 0.2) is 42.5 Å². The normalized spacial score (nSPS) is 16.4. The van der Waals surface area contributed by atoms with Crippen molar-refractivity contribution < 1.29 is 18.7 Å². The third kappa shape index (κ3) is 5.63. The van der Waals surface area contributed by atoms with Crippen LogP contribution in [0.4, 0.5) is 14.5 Å². The van der Waals surface area contributed by atoms with Crippen LogP contribution in [-0.2, 0) is 4.79 Å². The number of benzene rings is 2. The molecule has 1 N–H and O–H groups in total. The molecule has 0 spiro atoms. The molecule has 1 aliphatic heterocycles. The lowest BCUT2D eigenvalue weighted by atomic mass is 9.87. The Kier molecular flexibility index (Phi) is 7.76. The number of nitrogens with zero attached hydrogens (tertiary/aromatic N) is 1. The molecule has 5 heteroatoms. The maximum absolute atomic E-state index is 14.1. The molecule has 1 amide bonds. The lowest BCUT2D eigenvalue weighted by Gasteiger charge is -2.24. The average molecular weight is 401 g/mol. The first-order valence-electron chi connectivity index (χ1n) is 10.6. The second-order valence-corrected chi connectivity index (χ2v) is 7.74. The first-order chi connectivity index (χ1) is 14.1. The van der Waals surface area contributed by atoms with Gasteiger partial charge in [-0.2, -0.15) is 0 Å². The predicted octanol–water partition coefficient (Wildman–Crippen LogP) is 5.56. The van der Waals surface area contributed by atoms with E-state index in [1.54, 1.807) is 23.1 Å². The Morgan fingerprint density at radius 1 is 0.966 bits per heavy atom. The van der Waals surface area contributed by atoms with Gasteiger partial charge in [0.05, 0.1) is 5.69 Å². The zero-order valence-corrected chi connectivity index (χ0v) is 16.7. The number of halogens is 2. The molecule has 156 valence electrons. The van der Waals surface area contributed by atoms with Crippen molar-refractivity contribution in [2.45, 2.75) is 57.3 Å². The number of hydrogen-bond acceptors (Lipinski definition) is 2. The number of rotatable bonds is 8. The Morgan fingerprint density at radius 3 is 2.41 bits per heavy atom. The molecule has 29 heavy (non-hydrogen) atoms. The van der Waals surface area contributed by atoms with Crippen LogP contribution in [0.2, 0.25) is 0 Å². The smallest absolute Gasteiger partial charge is 0.226 e. The highest BCUT2D eigenvalue weighted by atomic mass is 19.1. The van der Waals surface area contributed by atoms with E-state index in [1.165, 1.54) is 24.3 Å². The van der Waals surface area contributed by atoms with Crippen LogP contribution in [0.25, 0.3) is 0 Å². The summed E-state index contributed by atoms with van der Waals surface area (Å²) in [6.07, 6.45) is 6.61. The zero-order valence-electron chi connectivity index (χ0n) is 16.7. The van der Waals surface area contributed by atoms with E-state index in [1.807, 2.05) is 0 Å². The zero-order chi connectivity index (χ0) is 20.6. The van der Waals surface area contributed by atoms with Gasteiger partial charge in [-0.25, -0.2) is 8.78 Å². The van der Waals surface area contributed by atoms with Crippen molar-refractivity contribution >= 4 is 11.6 Å². The van der Waals surface area contributed by atoms with Crippen molar-refractivity contribution in [3.05, 3.63) is 65.2 Å². The van der Waals surface area contributed by atoms with Gasteiger partial charge in [-0.15, -0.1) is 0 Å². The molecule has 0 aliphatic carbocycles.